The summed E-state index contributed by atoms with van der Waals surface area (Å²) in [6.07, 6.45) is 4.33. The quantitative estimate of drug-likeness (QED) is 0.918. The lowest BCUT2D eigenvalue weighted by molar-refractivity contribution is 0.394. The van der Waals surface area contributed by atoms with Crippen molar-refractivity contribution in [1.82, 2.24) is 15.0 Å². The highest BCUT2D eigenvalue weighted by Gasteiger charge is 2.04. The second-order valence-electron chi connectivity index (χ2n) is 3.15. The van der Waals surface area contributed by atoms with Crippen molar-refractivity contribution >= 4 is 33.2 Å². The van der Waals surface area contributed by atoms with Crippen molar-refractivity contribution in [2.75, 3.05) is 19.0 Å². The van der Waals surface area contributed by atoms with Gasteiger partial charge in [0.1, 0.15) is 0 Å². The Morgan fingerprint density at radius 1 is 1.47 bits per heavy atom. The Hall–Kier alpha value is -1.21. The first-order valence-corrected chi connectivity index (χ1v) is 6.65. The molecule has 7 heteroatoms. The first-order chi connectivity index (χ1) is 8.29. The normalized spacial score (nSPS) is 10.2. The molecule has 0 radical (unpaired) electrons. The number of rotatable bonds is 5. The first-order valence-electron chi connectivity index (χ1n) is 4.98. The van der Waals surface area contributed by atoms with Crippen LogP contribution in [-0.2, 0) is 6.42 Å². The van der Waals surface area contributed by atoms with Gasteiger partial charge in [0.25, 0.3) is 0 Å². The summed E-state index contributed by atoms with van der Waals surface area (Å²) >= 11 is 4.95. The van der Waals surface area contributed by atoms with E-state index in [2.05, 4.69) is 36.2 Å². The molecule has 0 aliphatic heterocycles. The van der Waals surface area contributed by atoms with Gasteiger partial charge in [0.2, 0.25) is 11.8 Å². The molecule has 2 aromatic rings. The van der Waals surface area contributed by atoms with Crippen molar-refractivity contribution in [2.45, 2.75) is 6.42 Å². The summed E-state index contributed by atoms with van der Waals surface area (Å²) in [5.41, 5.74) is 0. The molecule has 0 aliphatic carbocycles. The van der Waals surface area contributed by atoms with Gasteiger partial charge in [0.05, 0.1) is 22.8 Å². The van der Waals surface area contributed by atoms with Gasteiger partial charge in [-0.2, -0.15) is 4.98 Å². The van der Waals surface area contributed by atoms with Crippen molar-refractivity contribution in [1.29, 1.82) is 0 Å². The van der Waals surface area contributed by atoms with Crippen molar-refractivity contribution < 1.29 is 4.74 Å². The van der Waals surface area contributed by atoms with Crippen LogP contribution in [0.4, 0.5) is 5.95 Å². The summed E-state index contributed by atoms with van der Waals surface area (Å²) in [5, 5.41) is 6.19. The summed E-state index contributed by atoms with van der Waals surface area (Å²) < 4.78 is 5.83. The lowest BCUT2D eigenvalue weighted by Gasteiger charge is -2.06. The molecular weight excluding hydrogens is 304 g/mol. The van der Waals surface area contributed by atoms with Crippen LogP contribution in [0, 0.1) is 0 Å². The molecule has 17 heavy (non-hydrogen) atoms. The number of hydrogen-bond donors (Lipinski definition) is 1. The molecule has 2 heterocycles. The Morgan fingerprint density at radius 2 is 2.35 bits per heavy atom. The van der Waals surface area contributed by atoms with Crippen LogP contribution in [0.1, 0.15) is 5.01 Å². The molecule has 0 amide bonds. The molecule has 0 fully saturated rings. The summed E-state index contributed by atoms with van der Waals surface area (Å²) in [6, 6.07) is 0. The molecule has 0 bridgehead atoms. The fourth-order valence-corrected chi connectivity index (χ4v) is 2.21. The van der Waals surface area contributed by atoms with Crippen LogP contribution in [0.25, 0.3) is 0 Å². The maximum Gasteiger partial charge on any atom is 0.232 e. The Bertz CT molecular complexity index is 477. The second kappa shape index (κ2) is 5.92. The highest BCUT2D eigenvalue weighted by molar-refractivity contribution is 9.10. The van der Waals surface area contributed by atoms with E-state index in [-0.39, 0.29) is 0 Å². The van der Waals surface area contributed by atoms with E-state index >= 15 is 0 Å². The summed E-state index contributed by atoms with van der Waals surface area (Å²) in [7, 11) is 1.58. The Morgan fingerprint density at radius 3 is 3.06 bits per heavy atom. The highest BCUT2D eigenvalue weighted by Crippen LogP contribution is 2.21. The average Bonchev–Trinajstić information content (AvgIpc) is 2.84. The minimum Gasteiger partial charge on any atom is -0.480 e. The molecule has 0 aromatic carbocycles. The van der Waals surface area contributed by atoms with Crippen LogP contribution in [-0.4, -0.2) is 28.6 Å². The Balaban J connectivity index is 1.90. The van der Waals surface area contributed by atoms with E-state index in [9.17, 15) is 0 Å². The number of thiazole rings is 1. The lowest BCUT2D eigenvalue weighted by Crippen LogP contribution is -2.08. The minimum atomic E-state index is 0.525. The topological polar surface area (TPSA) is 59.9 Å². The first kappa shape index (κ1) is 12.3. The van der Waals surface area contributed by atoms with Crippen molar-refractivity contribution in [3.8, 4) is 5.88 Å². The summed E-state index contributed by atoms with van der Waals surface area (Å²) in [5.74, 6) is 1.08. The Kier molecular flexibility index (Phi) is 4.27. The third-order valence-electron chi connectivity index (χ3n) is 2.01. The number of aromatic nitrogens is 3. The number of ether oxygens (including phenoxy) is 1. The van der Waals surface area contributed by atoms with E-state index < -0.39 is 0 Å². The van der Waals surface area contributed by atoms with Crippen molar-refractivity contribution in [2.24, 2.45) is 0 Å². The highest BCUT2D eigenvalue weighted by atomic mass is 79.9. The van der Waals surface area contributed by atoms with Gasteiger partial charge >= 0.3 is 0 Å². The van der Waals surface area contributed by atoms with Gasteiger partial charge in [-0.25, -0.2) is 9.97 Å². The molecule has 0 aliphatic rings. The van der Waals surface area contributed by atoms with Crippen molar-refractivity contribution in [3.05, 3.63) is 27.3 Å². The molecular formula is C10H11BrN4OS. The van der Waals surface area contributed by atoms with Crippen LogP contribution in [0.2, 0.25) is 0 Å². The number of hydrogen-bond acceptors (Lipinski definition) is 6. The molecule has 0 saturated carbocycles. The van der Waals surface area contributed by atoms with Crippen LogP contribution in [0.15, 0.2) is 22.2 Å². The number of anilines is 1. The molecule has 2 rings (SSSR count). The van der Waals surface area contributed by atoms with E-state index in [0.717, 1.165) is 22.4 Å². The van der Waals surface area contributed by atoms with Crippen LogP contribution in [0.5, 0.6) is 5.88 Å². The molecule has 0 atom stereocenters. The zero-order valence-electron chi connectivity index (χ0n) is 9.18. The number of halogens is 1. The van der Waals surface area contributed by atoms with Gasteiger partial charge < -0.3 is 10.1 Å². The predicted octanol–water partition coefficient (Wildman–Crippen LogP) is 2.36. The molecule has 90 valence electrons. The molecule has 0 unspecified atom stereocenters. The third kappa shape index (κ3) is 3.37. The van der Waals surface area contributed by atoms with E-state index in [1.165, 1.54) is 0 Å². The molecule has 0 saturated heterocycles. The third-order valence-corrected chi connectivity index (χ3v) is 3.39. The predicted molar refractivity (Wildman–Crippen MR) is 70.6 cm³/mol. The maximum atomic E-state index is 5.09. The number of nitrogens with zero attached hydrogens (tertiary/aromatic N) is 3. The summed E-state index contributed by atoms with van der Waals surface area (Å²) in [6.45, 7) is 0.748. The summed E-state index contributed by atoms with van der Waals surface area (Å²) in [4.78, 5) is 12.5. The molecule has 0 spiro atoms. The zero-order valence-corrected chi connectivity index (χ0v) is 11.6. The zero-order chi connectivity index (χ0) is 12.1. The lowest BCUT2D eigenvalue weighted by atomic mass is 10.4. The van der Waals surface area contributed by atoms with Gasteiger partial charge in [-0.15, -0.1) is 11.3 Å². The number of methoxy groups -OCH3 is 1. The van der Waals surface area contributed by atoms with Gasteiger partial charge in [-0.05, 0) is 15.9 Å². The molecule has 2 aromatic heterocycles. The van der Waals surface area contributed by atoms with E-state index in [0.29, 0.717) is 11.8 Å². The Labute approximate surface area is 111 Å². The largest absolute Gasteiger partial charge is 0.480 e. The average molecular weight is 315 g/mol. The molecule has 1 N–H and O–H groups in total. The van der Waals surface area contributed by atoms with Crippen molar-refractivity contribution in [3.63, 3.8) is 0 Å². The van der Waals surface area contributed by atoms with E-state index in [1.807, 2.05) is 5.38 Å². The van der Waals surface area contributed by atoms with Crippen LogP contribution in [0.3, 0.4) is 0 Å². The fourth-order valence-electron chi connectivity index (χ4n) is 1.24. The molecule has 5 nitrogen and oxygen atoms in total. The van der Waals surface area contributed by atoms with Crippen LogP contribution < -0.4 is 10.1 Å². The fraction of sp³-hybridized carbons (Fsp3) is 0.300. The number of nitrogens with one attached hydrogen (secondary N) is 1. The van der Waals surface area contributed by atoms with Gasteiger partial charge in [0.15, 0.2) is 0 Å². The van der Waals surface area contributed by atoms with E-state index in [4.69, 9.17) is 4.74 Å². The maximum absolute atomic E-state index is 5.09. The van der Waals surface area contributed by atoms with Gasteiger partial charge in [-0.3, -0.25) is 0 Å². The SMILES string of the molecule is COc1nc(NCCc2nccs2)ncc1Br. The minimum absolute atomic E-state index is 0.525. The van der Waals surface area contributed by atoms with Gasteiger partial charge in [-0.1, -0.05) is 0 Å². The van der Waals surface area contributed by atoms with E-state index in [1.54, 1.807) is 30.8 Å². The second-order valence-corrected chi connectivity index (χ2v) is 4.99. The van der Waals surface area contributed by atoms with Gasteiger partial charge in [0, 0.05) is 24.5 Å². The smallest absolute Gasteiger partial charge is 0.232 e. The monoisotopic (exact) mass is 314 g/mol. The standard InChI is InChI=1S/C10H11BrN4OS/c1-16-9-7(11)6-14-10(15-9)13-3-2-8-12-4-5-17-8/h4-6H,2-3H2,1H3,(H,13,14,15). The van der Waals surface area contributed by atoms with Crippen LogP contribution >= 0.6 is 27.3 Å².